The highest BCUT2D eigenvalue weighted by Crippen LogP contribution is 2.26. The van der Waals surface area contributed by atoms with E-state index in [0.717, 1.165) is 23.4 Å². The lowest BCUT2D eigenvalue weighted by Crippen LogP contribution is -2.36. The molecule has 1 aliphatic rings. The van der Waals surface area contributed by atoms with E-state index in [1.807, 2.05) is 48.5 Å². The summed E-state index contributed by atoms with van der Waals surface area (Å²) in [5.74, 6) is -0.218. The highest BCUT2D eigenvalue weighted by molar-refractivity contribution is 6.09. The average molecular weight is 352 g/mol. The number of ether oxygens (including phenoxy) is 1. The molecule has 0 radical (unpaired) electrons. The number of hydrogen-bond acceptors (Lipinski definition) is 3. The van der Waals surface area contributed by atoms with Crippen LogP contribution in [0.15, 0.2) is 48.5 Å². The second-order valence-electron chi connectivity index (χ2n) is 6.42. The summed E-state index contributed by atoms with van der Waals surface area (Å²) >= 11 is 0. The Morgan fingerprint density at radius 1 is 1.19 bits per heavy atom. The number of amides is 2. The van der Waals surface area contributed by atoms with Crippen LogP contribution in [0.2, 0.25) is 0 Å². The minimum absolute atomic E-state index is 0.127. The highest BCUT2D eigenvalue weighted by Gasteiger charge is 2.37. The van der Waals surface area contributed by atoms with Gasteiger partial charge in [-0.2, -0.15) is 0 Å². The van der Waals surface area contributed by atoms with Gasteiger partial charge in [-0.3, -0.25) is 9.59 Å². The first-order chi connectivity index (χ1) is 12.6. The van der Waals surface area contributed by atoms with Gasteiger partial charge >= 0.3 is 0 Å². The predicted molar refractivity (Wildman–Crippen MR) is 101 cm³/mol. The first-order valence-corrected chi connectivity index (χ1v) is 8.93. The molecule has 5 nitrogen and oxygen atoms in total. The Hall–Kier alpha value is -2.82. The van der Waals surface area contributed by atoms with Crippen molar-refractivity contribution in [2.45, 2.75) is 26.3 Å². The molecule has 1 aliphatic heterocycles. The minimum atomic E-state index is -0.619. The Kier molecular flexibility index (Phi) is 5.56. The van der Waals surface area contributed by atoms with Gasteiger partial charge in [-0.05, 0) is 48.2 Å². The summed E-state index contributed by atoms with van der Waals surface area (Å²) < 4.78 is 5.18. The number of benzene rings is 2. The molecule has 0 saturated carbocycles. The lowest BCUT2D eigenvalue weighted by atomic mass is 10.1. The van der Waals surface area contributed by atoms with Crippen LogP contribution in [-0.2, 0) is 22.6 Å². The summed E-state index contributed by atoms with van der Waals surface area (Å²) in [4.78, 5) is 26.8. The van der Waals surface area contributed by atoms with Crippen molar-refractivity contribution >= 4 is 17.5 Å². The first kappa shape index (κ1) is 18.0. The zero-order valence-electron chi connectivity index (χ0n) is 15.2. The first-order valence-electron chi connectivity index (χ1n) is 8.93. The number of aryl methyl sites for hydroxylation is 1. The van der Waals surface area contributed by atoms with E-state index in [-0.39, 0.29) is 11.8 Å². The molecule has 136 valence electrons. The molecule has 5 heteroatoms. The topological polar surface area (TPSA) is 58.6 Å². The molecule has 3 rings (SSSR count). The third-order valence-corrected chi connectivity index (χ3v) is 4.78. The van der Waals surface area contributed by atoms with Crippen molar-refractivity contribution in [3.8, 4) is 5.75 Å². The van der Waals surface area contributed by atoms with Crippen LogP contribution in [0, 0.1) is 5.92 Å². The second kappa shape index (κ2) is 8.04. The van der Waals surface area contributed by atoms with Crippen LogP contribution in [0.5, 0.6) is 5.75 Å². The molecule has 26 heavy (non-hydrogen) atoms. The van der Waals surface area contributed by atoms with Crippen molar-refractivity contribution in [2.75, 3.05) is 18.6 Å². The lowest BCUT2D eigenvalue weighted by molar-refractivity contribution is -0.132. The van der Waals surface area contributed by atoms with E-state index in [0.29, 0.717) is 19.5 Å². The normalized spacial score (nSPS) is 16.6. The van der Waals surface area contributed by atoms with Crippen molar-refractivity contribution in [3.05, 3.63) is 59.7 Å². The van der Waals surface area contributed by atoms with E-state index in [2.05, 4.69) is 12.2 Å². The molecule has 2 amide bonds. The summed E-state index contributed by atoms with van der Waals surface area (Å²) in [5, 5.41) is 2.87. The number of carbonyl (C=O) groups excluding carboxylic acids is 2. The fourth-order valence-corrected chi connectivity index (χ4v) is 3.19. The molecule has 0 aliphatic carbocycles. The fraction of sp³-hybridized carbons (Fsp3) is 0.333. The van der Waals surface area contributed by atoms with E-state index in [4.69, 9.17) is 4.74 Å². The molecule has 1 fully saturated rings. The molecular weight excluding hydrogens is 328 g/mol. The summed E-state index contributed by atoms with van der Waals surface area (Å²) in [6.45, 7) is 3.05. The molecule has 1 saturated heterocycles. The van der Waals surface area contributed by atoms with E-state index >= 15 is 0 Å². The van der Waals surface area contributed by atoms with Crippen molar-refractivity contribution < 1.29 is 14.3 Å². The monoisotopic (exact) mass is 352 g/mol. The molecule has 1 heterocycles. The standard InChI is InChI=1S/C21H24N2O3/c1-3-15-7-9-17(10-8-15)23-12-11-19(21(23)25)20(24)22-14-16-5-4-6-18(13-16)26-2/h4-10,13,19H,3,11-12,14H2,1-2H3,(H,22,24)/t19-/m1/s1. The van der Waals surface area contributed by atoms with Crippen LogP contribution >= 0.6 is 0 Å². The molecule has 2 aromatic carbocycles. The highest BCUT2D eigenvalue weighted by atomic mass is 16.5. The van der Waals surface area contributed by atoms with Crippen molar-refractivity contribution in [2.24, 2.45) is 5.92 Å². The maximum atomic E-state index is 12.7. The molecule has 0 bridgehead atoms. The van der Waals surface area contributed by atoms with Crippen molar-refractivity contribution in [3.63, 3.8) is 0 Å². The Morgan fingerprint density at radius 2 is 1.96 bits per heavy atom. The van der Waals surface area contributed by atoms with Crippen LogP contribution in [0.4, 0.5) is 5.69 Å². The average Bonchev–Trinajstić information content (AvgIpc) is 3.07. The van der Waals surface area contributed by atoms with E-state index in [1.165, 1.54) is 5.56 Å². The van der Waals surface area contributed by atoms with Gasteiger partial charge in [-0.25, -0.2) is 0 Å². The number of anilines is 1. The van der Waals surface area contributed by atoms with Gasteiger partial charge in [0.05, 0.1) is 7.11 Å². The maximum Gasteiger partial charge on any atom is 0.239 e. The van der Waals surface area contributed by atoms with Crippen LogP contribution in [-0.4, -0.2) is 25.5 Å². The van der Waals surface area contributed by atoms with Crippen LogP contribution in [0.1, 0.15) is 24.5 Å². The summed E-state index contributed by atoms with van der Waals surface area (Å²) in [6.07, 6.45) is 1.50. The van der Waals surface area contributed by atoms with Gasteiger partial charge in [0.1, 0.15) is 11.7 Å². The Morgan fingerprint density at radius 3 is 2.65 bits per heavy atom. The van der Waals surface area contributed by atoms with Gasteiger partial charge in [-0.15, -0.1) is 0 Å². The number of nitrogens with one attached hydrogen (secondary N) is 1. The quantitative estimate of drug-likeness (QED) is 0.813. The molecule has 0 aromatic heterocycles. The van der Waals surface area contributed by atoms with E-state index in [9.17, 15) is 9.59 Å². The summed E-state index contributed by atoms with van der Waals surface area (Å²) in [7, 11) is 1.61. The number of hydrogen-bond donors (Lipinski definition) is 1. The third-order valence-electron chi connectivity index (χ3n) is 4.78. The second-order valence-corrected chi connectivity index (χ2v) is 6.42. The number of nitrogens with zero attached hydrogens (tertiary/aromatic N) is 1. The zero-order valence-corrected chi connectivity index (χ0v) is 15.2. The smallest absolute Gasteiger partial charge is 0.239 e. The molecule has 2 aromatic rings. The largest absolute Gasteiger partial charge is 0.497 e. The zero-order chi connectivity index (χ0) is 18.5. The van der Waals surface area contributed by atoms with Crippen molar-refractivity contribution in [1.82, 2.24) is 5.32 Å². The molecule has 1 N–H and O–H groups in total. The maximum absolute atomic E-state index is 12.7. The number of rotatable bonds is 6. The Labute approximate surface area is 154 Å². The van der Waals surface area contributed by atoms with E-state index in [1.54, 1.807) is 12.0 Å². The van der Waals surface area contributed by atoms with E-state index < -0.39 is 5.92 Å². The summed E-state index contributed by atoms with van der Waals surface area (Å²) in [6, 6.07) is 15.5. The molecular formula is C21H24N2O3. The van der Waals surface area contributed by atoms with Crippen LogP contribution < -0.4 is 15.0 Å². The Bertz CT molecular complexity index is 786. The number of carbonyl (C=O) groups is 2. The molecule has 1 atom stereocenters. The number of methoxy groups -OCH3 is 1. The van der Waals surface area contributed by atoms with Gasteiger partial charge in [-0.1, -0.05) is 31.2 Å². The van der Waals surface area contributed by atoms with Gasteiger partial charge in [0.15, 0.2) is 0 Å². The Balaban J connectivity index is 1.60. The molecule has 0 spiro atoms. The lowest BCUT2D eigenvalue weighted by Gasteiger charge is -2.17. The molecule has 0 unspecified atom stereocenters. The SMILES string of the molecule is CCc1ccc(N2CC[C@H](C(=O)NCc3cccc(OC)c3)C2=O)cc1. The van der Waals surface area contributed by atoms with Gasteiger partial charge in [0, 0.05) is 18.8 Å². The van der Waals surface area contributed by atoms with Crippen LogP contribution in [0.25, 0.3) is 0 Å². The van der Waals surface area contributed by atoms with Crippen molar-refractivity contribution in [1.29, 1.82) is 0 Å². The van der Waals surface area contributed by atoms with Crippen LogP contribution in [0.3, 0.4) is 0 Å². The van der Waals surface area contributed by atoms with Gasteiger partial charge in [0.25, 0.3) is 0 Å². The van der Waals surface area contributed by atoms with Gasteiger partial charge in [0.2, 0.25) is 11.8 Å². The summed E-state index contributed by atoms with van der Waals surface area (Å²) in [5.41, 5.74) is 3.03. The minimum Gasteiger partial charge on any atom is -0.497 e. The third kappa shape index (κ3) is 3.87. The van der Waals surface area contributed by atoms with Gasteiger partial charge < -0.3 is 15.0 Å². The predicted octanol–water partition coefficient (Wildman–Crippen LogP) is 2.93. The fourth-order valence-electron chi connectivity index (χ4n) is 3.19.